The summed E-state index contributed by atoms with van der Waals surface area (Å²) >= 11 is 0. The smallest absolute Gasteiger partial charge is 0.0326 e. The molecule has 0 bridgehead atoms. The monoisotopic (exact) mass is 236 g/mol. The van der Waals surface area contributed by atoms with Crippen LogP contribution in [0, 0.1) is 0 Å². The Kier molecular flexibility index (Phi) is 9.53. The fourth-order valence-corrected chi connectivity index (χ4v) is 5.48. The van der Waals surface area contributed by atoms with Crippen LogP contribution >= 0.6 is 0 Å². The van der Waals surface area contributed by atoms with E-state index in [0.717, 1.165) is 0 Å². The molecule has 0 radical (unpaired) electrons. The lowest BCUT2D eigenvalue weighted by atomic mass is 10.4. The van der Waals surface area contributed by atoms with E-state index in [1.165, 1.54) is 18.5 Å². The zero-order chi connectivity index (χ0) is 11.5. The van der Waals surface area contributed by atoms with Crippen LogP contribution in [0.4, 0.5) is 0 Å². The Hall–Kier alpha value is -0.606. The molecule has 0 spiro atoms. The highest BCUT2D eigenvalue weighted by molar-refractivity contribution is 6.41. The minimum Gasteiger partial charge on any atom is -0.103 e. The summed E-state index contributed by atoms with van der Waals surface area (Å²) in [6.45, 7) is 15.3. The lowest BCUT2D eigenvalue weighted by Gasteiger charge is -2.07. The first-order valence-electron chi connectivity index (χ1n) is 5.78. The van der Waals surface area contributed by atoms with Gasteiger partial charge in [-0.2, -0.15) is 0 Å². The molecule has 0 nitrogen and oxygen atoms in total. The molecule has 84 valence electrons. The zero-order valence-electron chi connectivity index (χ0n) is 9.83. The van der Waals surface area contributed by atoms with E-state index in [0.29, 0.717) is 11.1 Å². The Morgan fingerprint density at radius 1 is 0.733 bits per heavy atom. The van der Waals surface area contributed by atoms with Gasteiger partial charge in [0.2, 0.25) is 0 Å². The van der Waals surface area contributed by atoms with Gasteiger partial charge in [-0.1, -0.05) is 42.8 Å². The Balaban J connectivity index is 3.45. The molecule has 0 saturated carbocycles. The molecule has 0 aromatic heterocycles. The molecular weight excluding hydrogens is 212 g/mol. The summed E-state index contributed by atoms with van der Waals surface area (Å²) < 4.78 is 0. The largest absolute Gasteiger partial charge is 0.103 e. The van der Waals surface area contributed by atoms with Crippen molar-refractivity contribution in [1.82, 2.24) is 0 Å². The number of hydrogen-bond donors (Lipinski definition) is 0. The van der Waals surface area contributed by atoms with Gasteiger partial charge < -0.3 is 0 Å². The minimum atomic E-state index is 0.00225. The maximum Gasteiger partial charge on any atom is 0.0326 e. The Bertz CT molecular complexity index is 171. The summed E-state index contributed by atoms with van der Waals surface area (Å²) in [6.07, 6.45) is 9.59. The Morgan fingerprint density at radius 2 is 1.07 bits per heavy atom. The third kappa shape index (κ3) is 7.34. The maximum atomic E-state index is 3.83. The molecule has 2 heteroatoms. The van der Waals surface area contributed by atoms with Crippen molar-refractivity contribution in [2.24, 2.45) is 0 Å². The number of rotatable bonds is 10. The molecule has 15 heavy (non-hydrogen) atoms. The average Bonchev–Trinajstić information content (AvgIpc) is 2.29. The Labute approximate surface area is 99.5 Å². The molecule has 0 unspecified atom stereocenters. The third-order valence-corrected chi connectivity index (χ3v) is 7.27. The van der Waals surface area contributed by atoms with Gasteiger partial charge in [-0.25, -0.2) is 0 Å². The second kappa shape index (κ2) is 9.93. The van der Waals surface area contributed by atoms with E-state index in [2.05, 4.69) is 26.3 Å². The summed E-state index contributed by atoms with van der Waals surface area (Å²) in [6, 6.07) is 2.85. The van der Waals surface area contributed by atoms with Crippen molar-refractivity contribution in [2.45, 2.75) is 29.6 Å². The van der Waals surface area contributed by atoms with Crippen LogP contribution in [0.15, 0.2) is 50.6 Å². The van der Waals surface area contributed by atoms with E-state index >= 15 is 0 Å². The molecule has 0 amide bonds. The molecule has 0 fully saturated rings. The lowest BCUT2D eigenvalue weighted by Crippen LogP contribution is -2.00. The topological polar surface area (TPSA) is 0 Å². The summed E-state index contributed by atoms with van der Waals surface area (Å²) in [5, 5.41) is 0. The molecule has 0 saturated heterocycles. The molecule has 0 aliphatic rings. The first kappa shape index (κ1) is 14.4. The van der Waals surface area contributed by atoms with E-state index in [1.54, 1.807) is 0 Å². The van der Waals surface area contributed by atoms with Gasteiger partial charge in [0.05, 0.1) is 0 Å². The maximum absolute atomic E-state index is 3.83. The molecule has 0 aliphatic heterocycles. The van der Waals surface area contributed by atoms with Crippen molar-refractivity contribution in [3.8, 4) is 0 Å². The van der Waals surface area contributed by atoms with Crippen LogP contribution in [-0.4, -0.2) is 19.0 Å². The highest BCUT2D eigenvalue weighted by Crippen LogP contribution is 2.13. The van der Waals surface area contributed by atoms with E-state index in [9.17, 15) is 0 Å². The van der Waals surface area contributed by atoms with Gasteiger partial charge in [-0.3, -0.25) is 0 Å². The predicted molar refractivity (Wildman–Crippen MR) is 79.6 cm³/mol. The highest BCUT2D eigenvalue weighted by atomic mass is 28.2. The summed E-state index contributed by atoms with van der Waals surface area (Å²) in [7, 11) is 0.00450. The fourth-order valence-electron chi connectivity index (χ4n) is 1.60. The van der Waals surface area contributed by atoms with Gasteiger partial charge in [0.25, 0.3) is 0 Å². The lowest BCUT2D eigenvalue weighted by molar-refractivity contribution is 1.04. The summed E-state index contributed by atoms with van der Waals surface area (Å²) in [5.41, 5.74) is 1.28. The van der Waals surface area contributed by atoms with E-state index < -0.39 is 0 Å². The van der Waals surface area contributed by atoms with Gasteiger partial charge in [-0.15, -0.1) is 26.3 Å². The van der Waals surface area contributed by atoms with Crippen molar-refractivity contribution >= 4 is 19.0 Å². The van der Waals surface area contributed by atoms with Crippen LogP contribution < -0.4 is 0 Å². The molecule has 0 heterocycles. The van der Waals surface area contributed by atoms with Gasteiger partial charge >= 0.3 is 0 Å². The van der Waals surface area contributed by atoms with Gasteiger partial charge in [0.15, 0.2) is 0 Å². The average molecular weight is 237 g/mol. The van der Waals surface area contributed by atoms with Crippen LogP contribution in [0.25, 0.3) is 0 Å². The van der Waals surface area contributed by atoms with Crippen LogP contribution in [0.5, 0.6) is 0 Å². The second-order valence-electron chi connectivity index (χ2n) is 3.91. The van der Waals surface area contributed by atoms with Crippen molar-refractivity contribution in [2.75, 3.05) is 0 Å². The molecule has 0 atom stereocenters. The van der Waals surface area contributed by atoms with Crippen molar-refractivity contribution in [3.05, 3.63) is 50.6 Å². The highest BCUT2D eigenvalue weighted by Gasteiger charge is 2.01. The molecule has 0 aromatic rings. The van der Waals surface area contributed by atoms with Crippen LogP contribution in [0.1, 0.15) is 6.42 Å². The second-order valence-corrected chi connectivity index (χ2v) is 8.36. The first-order valence-corrected chi connectivity index (χ1v) is 9.42. The molecule has 0 aromatic carbocycles. The quantitative estimate of drug-likeness (QED) is 0.311. The van der Waals surface area contributed by atoms with E-state index in [4.69, 9.17) is 0 Å². The van der Waals surface area contributed by atoms with Crippen LogP contribution in [0.3, 0.4) is 0 Å². The third-order valence-electron chi connectivity index (χ3n) is 2.79. The van der Waals surface area contributed by atoms with Crippen molar-refractivity contribution in [1.29, 1.82) is 0 Å². The Morgan fingerprint density at radius 3 is 1.33 bits per heavy atom. The fraction of sp³-hybridized carbons (Fsp3) is 0.385. The summed E-state index contributed by atoms with van der Waals surface area (Å²) in [5.74, 6) is 0. The molecular formula is C13H24Si2. The van der Waals surface area contributed by atoms with Gasteiger partial charge in [0.1, 0.15) is 0 Å². The van der Waals surface area contributed by atoms with Gasteiger partial charge in [0, 0.05) is 19.0 Å². The predicted octanol–water partition coefficient (Wildman–Crippen LogP) is 2.87. The zero-order valence-corrected chi connectivity index (χ0v) is 12.7. The van der Waals surface area contributed by atoms with E-state index in [1.807, 2.05) is 24.3 Å². The SMILES string of the molecule is C=CC(C=C)[SiH2]CCC[SiH2]C(C=C)C=C. The minimum absolute atomic E-state index is 0.00225. The molecule has 0 rings (SSSR count). The van der Waals surface area contributed by atoms with Gasteiger partial charge in [-0.05, 0) is 11.1 Å². The molecule has 0 N–H and O–H groups in total. The van der Waals surface area contributed by atoms with Crippen LogP contribution in [0.2, 0.25) is 23.2 Å². The van der Waals surface area contributed by atoms with Crippen LogP contribution in [-0.2, 0) is 0 Å². The summed E-state index contributed by atoms with van der Waals surface area (Å²) in [4.78, 5) is 0. The standard InChI is InChI=1S/C13H24Si2/c1-5-12(6-2)14-10-9-11-15-13(7-3)8-4/h5-8,12-13H,1-4,9-11,14-15H2. The first-order chi connectivity index (χ1) is 7.28. The van der Waals surface area contributed by atoms with Crippen molar-refractivity contribution in [3.63, 3.8) is 0 Å². The van der Waals surface area contributed by atoms with E-state index in [-0.39, 0.29) is 19.0 Å². The van der Waals surface area contributed by atoms with Crippen molar-refractivity contribution < 1.29 is 0 Å². The number of hydrogen-bond acceptors (Lipinski definition) is 0. The number of allylic oxidation sites excluding steroid dienone is 4. The normalized spacial score (nSPS) is 11.9. The molecule has 0 aliphatic carbocycles.